The van der Waals surface area contributed by atoms with E-state index in [4.69, 9.17) is 4.74 Å². The van der Waals surface area contributed by atoms with Crippen molar-refractivity contribution in [2.75, 3.05) is 0 Å². The van der Waals surface area contributed by atoms with Gasteiger partial charge in [0.15, 0.2) is 6.29 Å². The van der Waals surface area contributed by atoms with Gasteiger partial charge in [-0.05, 0) is 13.8 Å². The minimum Gasteiger partial charge on any atom is -0.436 e. The van der Waals surface area contributed by atoms with Crippen LogP contribution in [0.5, 0.6) is 0 Å². The van der Waals surface area contributed by atoms with E-state index in [0.717, 1.165) is 0 Å². The topological polar surface area (TPSA) is 52.6 Å². The van der Waals surface area contributed by atoms with Gasteiger partial charge in [0, 0.05) is 13.8 Å². The molecule has 4 nitrogen and oxygen atoms in total. The molecule has 0 aromatic rings. The Labute approximate surface area is 71.8 Å². The molecule has 0 radical (unpaired) electrons. The Hall–Kier alpha value is -0.900. The summed E-state index contributed by atoms with van der Waals surface area (Å²) in [5, 5.41) is 0. The Morgan fingerprint density at radius 3 is 1.92 bits per heavy atom. The normalized spacial score (nSPS) is 12.3. The van der Waals surface area contributed by atoms with E-state index in [0.29, 0.717) is 12.8 Å². The molecule has 0 spiro atoms. The third-order valence-corrected chi connectivity index (χ3v) is 1.12. The molecule has 0 atom stereocenters. The van der Waals surface area contributed by atoms with Gasteiger partial charge in [0.1, 0.15) is 5.60 Å². The van der Waals surface area contributed by atoms with E-state index < -0.39 is 11.4 Å². The number of aldehydes is 1. The van der Waals surface area contributed by atoms with Crippen molar-refractivity contribution in [3.63, 3.8) is 0 Å². The van der Waals surface area contributed by atoms with Gasteiger partial charge in [-0.2, -0.15) is 0 Å². The Kier molecular flexibility index (Phi) is 3.39. The number of carbonyl (C=O) groups excluding carboxylic acids is 2. The standard InChI is InChI=1S/C8H14O4/c1-7(2,5-9)12-8(3,4)11-6-10/h5-6H,1-4H3. The highest BCUT2D eigenvalue weighted by molar-refractivity contribution is 5.60. The van der Waals surface area contributed by atoms with E-state index in [1.165, 1.54) is 0 Å². The van der Waals surface area contributed by atoms with Crippen LogP contribution in [-0.2, 0) is 19.1 Å². The highest BCUT2D eigenvalue weighted by atomic mass is 16.7. The number of carbonyl (C=O) groups is 2. The van der Waals surface area contributed by atoms with Gasteiger partial charge in [-0.3, -0.25) is 4.79 Å². The molecule has 0 bridgehead atoms. The first-order valence-corrected chi connectivity index (χ1v) is 3.61. The fraction of sp³-hybridized carbons (Fsp3) is 0.750. The molecule has 0 heterocycles. The van der Waals surface area contributed by atoms with Gasteiger partial charge in [-0.1, -0.05) is 0 Å². The summed E-state index contributed by atoms with van der Waals surface area (Å²) in [6.07, 6.45) is 0.656. The van der Waals surface area contributed by atoms with Crippen molar-refractivity contribution in [3.05, 3.63) is 0 Å². The molecule has 70 valence electrons. The quantitative estimate of drug-likeness (QED) is 0.458. The van der Waals surface area contributed by atoms with Crippen LogP contribution in [0.3, 0.4) is 0 Å². The van der Waals surface area contributed by atoms with E-state index in [1.54, 1.807) is 27.7 Å². The Morgan fingerprint density at radius 1 is 1.08 bits per heavy atom. The van der Waals surface area contributed by atoms with E-state index in [9.17, 15) is 9.59 Å². The Balaban J connectivity index is 4.21. The first kappa shape index (κ1) is 11.1. The van der Waals surface area contributed by atoms with Crippen LogP contribution in [0.4, 0.5) is 0 Å². The molecule has 0 aromatic heterocycles. The lowest BCUT2D eigenvalue weighted by atomic mass is 10.1. The number of hydrogen-bond acceptors (Lipinski definition) is 4. The van der Waals surface area contributed by atoms with Gasteiger partial charge in [0.25, 0.3) is 6.47 Å². The van der Waals surface area contributed by atoms with E-state index in [-0.39, 0.29) is 0 Å². The fourth-order valence-corrected chi connectivity index (χ4v) is 0.797. The monoisotopic (exact) mass is 174 g/mol. The van der Waals surface area contributed by atoms with Crippen molar-refractivity contribution in [1.82, 2.24) is 0 Å². The third kappa shape index (κ3) is 4.08. The molecule has 0 unspecified atom stereocenters. The molecule has 0 saturated heterocycles. The first-order valence-electron chi connectivity index (χ1n) is 3.61. The second-order valence-electron chi connectivity index (χ2n) is 3.44. The minimum absolute atomic E-state index is 0.293. The summed E-state index contributed by atoms with van der Waals surface area (Å²) < 4.78 is 9.80. The Morgan fingerprint density at radius 2 is 1.58 bits per heavy atom. The van der Waals surface area contributed by atoms with Crippen molar-refractivity contribution < 1.29 is 19.1 Å². The van der Waals surface area contributed by atoms with Gasteiger partial charge in [0.2, 0.25) is 5.79 Å². The van der Waals surface area contributed by atoms with Crippen LogP contribution in [0, 0.1) is 0 Å². The van der Waals surface area contributed by atoms with Crippen LogP contribution in [0.15, 0.2) is 0 Å². The molecule has 0 amide bonds. The van der Waals surface area contributed by atoms with Gasteiger partial charge in [-0.15, -0.1) is 0 Å². The first-order chi connectivity index (χ1) is 5.33. The molecule has 0 aromatic carbocycles. The summed E-state index contributed by atoms with van der Waals surface area (Å²) in [6, 6.07) is 0. The number of rotatable bonds is 5. The van der Waals surface area contributed by atoms with Crippen molar-refractivity contribution in [1.29, 1.82) is 0 Å². The molecule has 4 heteroatoms. The Bertz CT molecular complexity index is 172. The summed E-state index contributed by atoms with van der Waals surface area (Å²) in [5.41, 5.74) is -0.938. The highest BCUT2D eigenvalue weighted by Gasteiger charge is 2.29. The van der Waals surface area contributed by atoms with Crippen LogP contribution in [0.25, 0.3) is 0 Å². The number of ether oxygens (including phenoxy) is 2. The molecule has 12 heavy (non-hydrogen) atoms. The second-order valence-corrected chi connectivity index (χ2v) is 3.44. The number of hydrogen-bond donors (Lipinski definition) is 0. The minimum atomic E-state index is -1.06. The average Bonchev–Trinajstić information content (AvgIpc) is 1.85. The summed E-state index contributed by atoms with van der Waals surface area (Å²) in [6.45, 7) is 6.60. The van der Waals surface area contributed by atoms with Crippen molar-refractivity contribution in [2.24, 2.45) is 0 Å². The lowest BCUT2D eigenvalue weighted by Crippen LogP contribution is -2.39. The molecule has 0 aliphatic rings. The molecular formula is C8H14O4. The van der Waals surface area contributed by atoms with E-state index in [2.05, 4.69) is 4.74 Å². The summed E-state index contributed by atoms with van der Waals surface area (Å²) in [4.78, 5) is 20.4. The SMILES string of the molecule is CC(C)(C=O)OC(C)(C)OC=O. The molecule has 0 N–H and O–H groups in total. The predicted octanol–water partition coefficient (Wildman–Crippen LogP) is 0.890. The summed E-state index contributed by atoms with van der Waals surface area (Å²) >= 11 is 0. The fourth-order valence-electron chi connectivity index (χ4n) is 0.797. The van der Waals surface area contributed by atoms with Crippen molar-refractivity contribution in [2.45, 2.75) is 39.1 Å². The lowest BCUT2D eigenvalue weighted by molar-refractivity contribution is -0.237. The zero-order chi connectivity index (χ0) is 9.83. The van der Waals surface area contributed by atoms with Gasteiger partial charge in [-0.25, -0.2) is 0 Å². The van der Waals surface area contributed by atoms with Crippen LogP contribution in [0.2, 0.25) is 0 Å². The molecule has 0 aliphatic heterocycles. The van der Waals surface area contributed by atoms with Gasteiger partial charge >= 0.3 is 0 Å². The molecule has 0 saturated carbocycles. The smallest absolute Gasteiger partial charge is 0.295 e. The highest BCUT2D eigenvalue weighted by Crippen LogP contribution is 2.18. The second kappa shape index (κ2) is 3.67. The maximum absolute atomic E-state index is 10.4. The molecule has 0 rings (SSSR count). The molecular weight excluding hydrogens is 160 g/mol. The third-order valence-electron chi connectivity index (χ3n) is 1.12. The zero-order valence-corrected chi connectivity index (χ0v) is 7.79. The van der Waals surface area contributed by atoms with Crippen molar-refractivity contribution >= 4 is 12.8 Å². The summed E-state index contributed by atoms with van der Waals surface area (Å²) in [5.74, 6) is -1.06. The average molecular weight is 174 g/mol. The van der Waals surface area contributed by atoms with Gasteiger partial charge in [0.05, 0.1) is 0 Å². The van der Waals surface area contributed by atoms with Crippen LogP contribution < -0.4 is 0 Å². The maximum atomic E-state index is 10.4. The van der Waals surface area contributed by atoms with Crippen LogP contribution in [0.1, 0.15) is 27.7 Å². The molecule has 0 aliphatic carbocycles. The van der Waals surface area contributed by atoms with Crippen LogP contribution in [-0.4, -0.2) is 24.1 Å². The summed E-state index contributed by atoms with van der Waals surface area (Å²) in [7, 11) is 0. The maximum Gasteiger partial charge on any atom is 0.295 e. The van der Waals surface area contributed by atoms with Crippen molar-refractivity contribution in [3.8, 4) is 0 Å². The van der Waals surface area contributed by atoms with E-state index in [1.807, 2.05) is 0 Å². The van der Waals surface area contributed by atoms with Crippen LogP contribution >= 0.6 is 0 Å². The lowest BCUT2D eigenvalue weighted by Gasteiger charge is -2.30. The largest absolute Gasteiger partial charge is 0.436 e. The van der Waals surface area contributed by atoms with E-state index >= 15 is 0 Å². The van der Waals surface area contributed by atoms with Gasteiger partial charge < -0.3 is 14.3 Å². The zero-order valence-electron chi connectivity index (χ0n) is 7.79. The predicted molar refractivity (Wildman–Crippen MR) is 42.5 cm³/mol. The molecule has 0 fully saturated rings.